The van der Waals surface area contributed by atoms with Crippen molar-refractivity contribution in [1.82, 2.24) is 14.8 Å². The van der Waals surface area contributed by atoms with Gasteiger partial charge in [0.05, 0.1) is 12.2 Å². The molecule has 7 heteroatoms. The number of aromatic nitrogens is 1. The number of nitrogens with zero attached hydrogens (tertiary/aromatic N) is 4. The number of carbonyl (C=O) groups excluding carboxylic acids is 1. The van der Waals surface area contributed by atoms with Crippen molar-refractivity contribution in [2.24, 2.45) is 0 Å². The molecule has 0 saturated carbocycles. The summed E-state index contributed by atoms with van der Waals surface area (Å²) in [7, 11) is 0. The Morgan fingerprint density at radius 1 is 0.909 bits per heavy atom. The van der Waals surface area contributed by atoms with E-state index >= 15 is 0 Å². The van der Waals surface area contributed by atoms with Crippen LogP contribution in [0.5, 0.6) is 0 Å². The van der Waals surface area contributed by atoms with Crippen LogP contribution in [0.15, 0.2) is 72.9 Å². The molecule has 0 bridgehead atoms. The molecule has 2 saturated heterocycles. The normalized spacial score (nSPS) is 19.1. The van der Waals surface area contributed by atoms with Gasteiger partial charge in [-0.2, -0.15) is 0 Å². The first-order valence-electron chi connectivity index (χ1n) is 11.3. The fraction of sp³-hybridized carbons (Fsp3) is 0.308. The van der Waals surface area contributed by atoms with E-state index in [1.54, 1.807) is 4.90 Å². The van der Waals surface area contributed by atoms with Gasteiger partial charge >= 0.3 is 6.09 Å². The Morgan fingerprint density at radius 3 is 2.36 bits per heavy atom. The van der Waals surface area contributed by atoms with Crippen LogP contribution in [-0.4, -0.2) is 53.6 Å². The summed E-state index contributed by atoms with van der Waals surface area (Å²) in [6, 6.07) is 22.1. The predicted molar refractivity (Wildman–Crippen MR) is 129 cm³/mol. The maximum absolute atomic E-state index is 12.4. The Kier molecular flexibility index (Phi) is 6.46. The third kappa shape index (κ3) is 5.29. The van der Waals surface area contributed by atoms with Gasteiger partial charge in [-0.3, -0.25) is 14.8 Å². The van der Waals surface area contributed by atoms with E-state index in [-0.39, 0.29) is 12.2 Å². The lowest BCUT2D eigenvalue weighted by Crippen LogP contribution is -2.46. The van der Waals surface area contributed by atoms with Crippen molar-refractivity contribution in [2.45, 2.75) is 19.2 Å². The van der Waals surface area contributed by atoms with Gasteiger partial charge in [-0.25, -0.2) is 4.79 Å². The topological polar surface area (TPSA) is 48.9 Å². The van der Waals surface area contributed by atoms with E-state index in [0.717, 1.165) is 49.5 Å². The molecular formula is C26H27ClN4O2. The summed E-state index contributed by atoms with van der Waals surface area (Å²) in [6.45, 7) is 6.01. The van der Waals surface area contributed by atoms with Gasteiger partial charge in [0.2, 0.25) is 0 Å². The van der Waals surface area contributed by atoms with Gasteiger partial charge in [0.25, 0.3) is 0 Å². The van der Waals surface area contributed by atoms with Crippen LogP contribution in [0.2, 0.25) is 5.02 Å². The van der Waals surface area contributed by atoms with Crippen molar-refractivity contribution in [3.63, 3.8) is 0 Å². The van der Waals surface area contributed by atoms with Gasteiger partial charge in [0, 0.05) is 56.2 Å². The van der Waals surface area contributed by atoms with Crippen molar-refractivity contribution in [3.05, 3.63) is 94.8 Å². The molecule has 3 aromatic rings. The molecule has 6 nitrogen and oxygen atoms in total. The molecule has 5 rings (SSSR count). The van der Waals surface area contributed by atoms with Gasteiger partial charge in [-0.15, -0.1) is 0 Å². The van der Waals surface area contributed by atoms with Crippen molar-refractivity contribution >= 4 is 23.4 Å². The summed E-state index contributed by atoms with van der Waals surface area (Å²) >= 11 is 5.97. The molecule has 3 heterocycles. The zero-order valence-corrected chi connectivity index (χ0v) is 19.2. The van der Waals surface area contributed by atoms with Crippen LogP contribution in [0.1, 0.15) is 22.9 Å². The van der Waals surface area contributed by atoms with Crippen LogP contribution in [0.25, 0.3) is 0 Å². The van der Waals surface area contributed by atoms with E-state index in [1.165, 1.54) is 5.69 Å². The number of hydrogen-bond donors (Lipinski definition) is 0. The molecule has 2 aromatic carbocycles. The molecule has 0 radical (unpaired) electrons. The summed E-state index contributed by atoms with van der Waals surface area (Å²) in [6.07, 6.45) is 1.33. The Balaban J connectivity index is 1.13. The number of amides is 1. The Labute approximate surface area is 199 Å². The summed E-state index contributed by atoms with van der Waals surface area (Å²) in [5, 5.41) is 0.676. The first-order chi connectivity index (χ1) is 16.1. The Hall–Kier alpha value is -3.09. The largest absolute Gasteiger partial charge is 0.439 e. The fourth-order valence-electron chi connectivity index (χ4n) is 4.41. The number of ether oxygens (including phenoxy) is 1. The smallest absolute Gasteiger partial charge is 0.410 e. The van der Waals surface area contributed by atoms with Crippen LogP contribution < -0.4 is 4.90 Å². The number of pyridine rings is 1. The number of benzene rings is 2. The highest BCUT2D eigenvalue weighted by atomic mass is 35.5. The summed E-state index contributed by atoms with van der Waals surface area (Å²) in [5.41, 5.74) is 4.40. The lowest BCUT2D eigenvalue weighted by molar-refractivity contribution is 0.132. The SMILES string of the molecule is O=C1OC(c2ccc(Cl)cc2)CN1Cc1ccc(N2CCN(Cc3ccccn3)CC2)cc1. The summed E-state index contributed by atoms with van der Waals surface area (Å²) in [5.74, 6) is 0. The Morgan fingerprint density at radius 2 is 1.67 bits per heavy atom. The summed E-state index contributed by atoms with van der Waals surface area (Å²) in [4.78, 5) is 23.4. The molecule has 0 spiro atoms. The maximum Gasteiger partial charge on any atom is 0.410 e. The molecule has 170 valence electrons. The second kappa shape index (κ2) is 9.81. The van der Waals surface area contributed by atoms with Gasteiger partial charge < -0.3 is 9.64 Å². The predicted octanol–water partition coefficient (Wildman–Crippen LogP) is 4.75. The lowest BCUT2D eigenvalue weighted by Gasteiger charge is -2.36. The third-order valence-electron chi connectivity index (χ3n) is 6.29. The quantitative estimate of drug-likeness (QED) is 0.529. The zero-order chi connectivity index (χ0) is 22.6. The second-order valence-electron chi connectivity index (χ2n) is 8.56. The van der Waals surface area contributed by atoms with Crippen LogP contribution in [-0.2, 0) is 17.8 Å². The van der Waals surface area contributed by atoms with Gasteiger partial charge in [-0.05, 0) is 47.5 Å². The maximum atomic E-state index is 12.4. The standard InChI is InChI=1S/C26H27ClN4O2/c27-22-8-6-21(7-9-22)25-19-31(26(32)33-25)17-20-4-10-24(11-5-20)30-15-13-29(14-16-30)18-23-3-1-2-12-28-23/h1-12,25H,13-19H2. The molecule has 33 heavy (non-hydrogen) atoms. The molecule has 2 fully saturated rings. The molecule has 0 aliphatic carbocycles. The van der Waals surface area contributed by atoms with Crippen molar-refractivity contribution in [1.29, 1.82) is 0 Å². The molecule has 1 atom stereocenters. The average molecular weight is 463 g/mol. The summed E-state index contributed by atoms with van der Waals surface area (Å²) < 4.78 is 5.57. The van der Waals surface area contributed by atoms with Crippen LogP contribution in [0, 0.1) is 0 Å². The second-order valence-corrected chi connectivity index (χ2v) is 8.99. The number of hydrogen-bond acceptors (Lipinski definition) is 5. The first-order valence-corrected chi connectivity index (χ1v) is 11.7. The van der Waals surface area contributed by atoms with Crippen LogP contribution in [0.3, 0.4) is 0 Å². The Bertz CT molecular complexity index is 1070. The first kappa shape index (κ1) is 21.7. The van der Waals surface area contributed by atoms with E-state index in [0.29, 0.717) is 18.1 Å². The number of carbonyl (C=O) groups is 1. The monoisotopic (exact) mass is 462 g/mol. The number of rotatable bonds is 6. The minimum Gasteiger partial charge on any atom is -0.439 e. The number of anilines is 1. The zero-order valence-electron chi connectivity index (χ0n) is 18.4. The number of halogens is 1. The fourth-order valence-corrected chi connectivity index (χ4v) is 4.53. The van der Waals surface area contributed by atoms with Crippen molar-refractivity contribution in [3.8, 4) is 0 Å². The molecule has 0 N–H and O–H groups in total. The number of cyclic esters (lactones) is 1. The van der Waals surface area contributed by atoms with E-state index < -0.39 is 0 Å². The van der Waals surface area contributed by atoms with Crippen molar-refractivity contribution in [2.75, 3.05) is 37.6 Å². The van der Waals surface area contributed by atoms with Crippen LogP contribution >= 0.6 is 11.6 Å². The molecule has 1 unspecified atom stereocenters. The molecule has 2 aliphatic heterocycles. The van der Waals surface area contributed by atoms with E-state index in [1.807, 2.05) is 42.6 Å². The highest BCUT2D eigenvalue weighted by Crippen LogP contribution is 2.28. The minimum absolute atomic E-state index is 0.253. The van der Waals surface area contributed by atoms with E-state index in [4.69, 9.17) is 16.3 Å². The van der Waals surface area contributed by atoms with Crippen molar-refractivity contribution < 1.29 is 9.53 Å². The lowest BCUT2D eigenvalue weighted by atomic mass is 10.1. The van der Waals surface area contributed by atoms with E-state index in [9.17, 15) is 4.79 Å². The minimum atomic E-state index is -0.275. The molecule has 1 amide bonds. The molecule has 1 aromatic heterocycles. The number of piperazine rings is 1. The van der Waals surface area contributed by atoms with Crippen LogP contribution in [0.4, 0.5) is 10.5 Å². The highest BCUT2D eigenvalue weighted by Gasteiger charge is 2.32. The highest BCUT2D eigenvalue weighted by molar-refractivity contribution is 6.30. The third-order valence-corrected chi connectivity index (χ3v) is 6.54. The molecular weight excluding hydrogens is 436 g/mol. The van der Waals surface area contributed by atoms with Gasteiger partial charge in [0.15, 0.2) is 0 Å². The average Bonchev–Trinajstić information content (AvgIpc) is 3.21. The van der Waals surface area contributed by atoms with E-state index in [2.05, 4.69) is 45.1 Å². The van der Waals surface area contributed by atoms with Gasteiger partial charge in [0.1, 0.15) is 6.10 Å². The molecule has 2 aliphatic rings. The van der Waals surface area contributed by atoms with Gasteiger partial charge in [-0.1, -0.05) is 41.9 Å².